The highest BCUT2D eigenvalue weighted by Crippen LogP contribution is 2.14. The molecule has 0 aromatic rings. The van der Waals surface area contributed by atoms with Crippen molar-refractivity contribution < 1.29 is 8.42 Å². The molecule has 1 heterocycles. The lowest BCUT2D eigenvalue weighted by molar-refractivity contribution is 0.341. The molecular formula is C10H21BrN2O2S. The maximum atomic E-state index is 11.9. The van der Waals surface area contributed by atoms with E-state index in [0.29, 0.717) is 25.6 Å². The van der Waals surface area contributed by atoms with Crippen LogP contribution < -0.4 is 4.72 Å². The zero-order chi connectivity index (χ0) is 12.2. The minimum Gasteiger partial charge on any atom is -0.201 e. The summed E-state index contributed by atoms with van der Waals surface area (Å²) in [6.07, 6.45) is 3.09. The molecule has 1 atom stereocenters. The first-order valence-corrected chi connectivity index (χ1v) is 8.18. The van der Waals surface area contributed by atoms with Gasteiger partial charge in [0.1, 0.15) is 0 Å². The van der Waals surface area contributed by atoms with Crippen LogP contribution in [0.1, 0.15) is 33.1 Å². The monoisotopic (exact) mass is 312 g/mol. The van der Waals surface area contributed by atoms with Crippen LogP contribution in [0.15, 0.2) is 0 Å². The molecule has 0 amide bonds. The molecule has 1 unspecified atom stereocenters. The summed E-state index contributed by atoms with van der Waals surface area (Å²) in [5, 5.41) is 0. The van der Waals surface area contributed by atoms with E-state index < -0.39 is 10.2 Å². The van der Waals surface area contributed by atoms with Gasteiger partial charge in [0.15, 0.2) is 0 Å². The zero-order valence-corrected chi connectivity index (χ0v) is 12.3. The van der Waals surface area contributed by atoms with Crippen molar-refractivity contribution in [3.63, 3.8) is 0 Å². The van der Waals surface area contributed by atoms with Crippen molar-refractivity contribution in [2.75, 3.05) is 19.6 Å². The molecule has 1 rings (SSSR count). The molecule has 4 nitrogen and oxygen atoms in total. The van der Waals surface area contributed by atoms with Crippen LogP contribution in [-0.2, 0) is 10.2 Å². The molecule has 1 fully saturated rings. The summed E-state index contributed by atoms with van der Waals surface area (Å²) in [5.74, 6) is 0.420. The smallest absolute Gasteiger partial charge is 0.201 e. The summed E-state index contributed by atoms with van der Waals surface area (Å²) in [7, 11) is -3.26. The lowest BCUT2D eigenvalue weighted by Crippen LogP contribution is -2.45. The maximum absolute atomic E-state index is 11.9. The van der Waals surface area contributed by atoms with Gasteiger partial charge in [-0.3, -0.25) is 0 Å². The van der Waals surface area contributed by atoms with E-state index in [-0.39, 0.29) is 4.83 Å². The highest BCUT2D eigenvalue weighted by molar-refractivity contribution is 9.09. The molecule has 6 heteroatoms. The van der Waals surface area contributed by atoms with Gasteiger partial charge in [-0.25, -0.2) is 4.72 Å². The van der Waals surface area contributed by atoms with Crippen LogP contribution in [0.25, 0.3) is 0 Å². The number of piperidine rings is 1. The van der Waals surface area contributed by atoms with Crippen molar-refractivity contribution in [3.05, 3.63) is 0 Å². The van der Waals surface area contributed by atoms with E-state index in [2.05, 4.69) is 34.5 Å². The molecule has 96 valence electrons. The number of alkyl halides is 1. The molecule has 0 aromatic carbocycles. The summed E-state index contributed by atoms with van der Waals surface area (Å²) in [6.45, 7) is 5.90. The molecule has 1 aliphatic rings. The van der Waals surface area contributed by atoms with Crippen LogP contribution in [0.4, 0.5) is 0 Å². The molecular weight excluding hydrogens is 292 g/mol. The number of nitrogens with zero attached hydrogens (tertiary/aromatic N) is 1. The van der Waals surface area contributed by atoms with Gasteiger partial charge in [-0.15, -0.1) is 0 Å². The predicted octanol–water partition coefficient (Wildman–Crippen LogP) is 1.73. The summed E-state index contributed by atoms with van der Waals surface area (Å²) < 4.78 is 28.0. The first-order valence-electron chi connectivity index (χ1n) is 5.82. The van der Waals surface area contributed by atoms with Crippen molar-refractivity contribution in [2.24, 2.45) is 5.92 Å². The fourth-order valence-corrected chi connectivity index (χ4v) is 3.30. The summed E-state index contributed by atoms with van der Waals surface area (Å²) in [5.41, 5.74) is 0. The first kappa shape index (κ1) is 14.4. The summed E-state index contributed by atoms with van der Waals surface area (Å²) in [6, 6.07) is 0. The number of hydrogen-bond donors (Lipinski definition) is 1. The zero-order valence-electron chi connectivity index (χ0n) is 9.95. The molecule has 1 aliphatic heterocycles. The van der Waals surface area contributed by atoms with E-state index in [1.54, 1.807) is 4.31 Å². The quantitative estimate of drug-likeness (QED) is 0.786. The molecule has 0 aromatic heterocycles. The number of hydrogen-bond acceptors (Lipinski definition) is 2. The van der Waals surface area contributed by atoms with Crippen molar-refractivity contribution in [1.29, 1.82) is 0 Å². The van der Waals surface area contributed by atoms with Crippen LogP contribution in [0.3, 0.4) is 0 Å². The van der Waals surface area contributed by atoms with Crippen LogP contribution in [0.2, 0.25) is 0 Å². The average molecular weight is 313 g/mol. The van der Waals surface area contributed by atoms with Gasteiger partial charge in [0.2, 0.25) is 0 Å². The molecule has 0 aliphatic carbocycles. The van der Waals surface area contributed by atoms with E-state index in [0.717, 1.165) is 19.3 Å². The van der Waals surface area contributed by atoms with Gasteiger partial charge in [0.05, 0.1) is 0 Å². The van der Waals surface area contributed by atoms with Crippen molar-refractivity contribution in [2.45, 2.75) is 37.9 Å². The van der Waals surface area contributed by atoms with Crippen LogP contribution in [-0.4, -0.2) is 37.2 Å². The molecule has 1 N–H and O–H groups in total. The molecule has 16 heavy (non-hydrogen) atoms. The largest absolute Gasteiger partial charge is 0.279 e. The second-order valence-corrected chi connectivity index (χ2v) is 7.50. The van der Waals surface area contributed by atoms with Gasteiger partial charge in [-0.05, 0) is 18.8 Å². The van der Waals surface area contributed by atoms with Crippen molar-refractivity contribution in [3.8, 4) is 0 Å². The predicted molar refractivity (Wildman–Crippen MR) is 69.9 cm³/mol. The van der Waals surface area contributed by atoms with Crippen molar-refractivity contribution in [1.82, 2.24) is 9.03 Å². The number of rotatable bonds is 5. The van der Waals surface area contributed by atoms with Gasteiger partial charge < -0.3 is 0 Å². The Morgan fingerprint density at radius 2 is 1.81 bits per heavy atom. The van der Waals surface area contributed by atoms with Gasteiger partial charge in [0, 0.05) is 24.5 Å². The Hall–Kier alpha value is 0.350. The van der Waals surface area contributed by atoms with Gasteiger partial charge in [-0.1, -0.05) is 36.2 Å². The second-order valence-electron chi connectivity index (χ2n) is 4.57. The summed E-state index contributed by atoms with van der Waals surface area (Å²) >= 11 is 3.47. The Morgan fingerprint density at radius 1 is 1.25 bits per heavy atom. The number of halogens is 1. The lowest BCUT2D eigenvalue weighted by atomic mass is 10.1. The molecule has 0 bridgehead atoms. The highest BCUT2D eigenvalue weighted by Gasteiger charge is 2.24. The lowest BCUT2D eigenvalue weighted by Gasteiger charge is -2.26. The Labute approximate surface area is 107 Å². The minimum atomic E-state index is -3.26. The fraction of sp³-hybridized carbons (Fsp3) is 1.00. The third-order valence-electron chi connectivity index (χ3n) is 2.84. The van der Waals surface area contributed by atoms with Gasteiger partial charge in [0.25, 0.3) is 10.2 Å². The Kier molecular flexibility index (Phi) is 5.70. The Bertz CT molecular complexity index is 300. The van der Waals surface area contributed by atoms with Gasteiger partial charge >= 0.3 is 0 Å². The third kappa shape index (κ3) is 4.31. The van der Waals surface area contributed by atoms with E-state index in [9.17, 15) is 8.42 Å². The van der Waals surface area contributed by atoms with E-state index in [4.69, 9.17) is 0 Å². The van der Waals surface area contributed by atoms with Crippen LogP contribution >= 0.6 is 15.9 Å². The molecule has 0 saturated carbocycles. The SMILES string of the molecule is CC(C)C(Br)CNS(=O)(=O)N1CCCCC1. The Balaban J connectivity index is 2.44. The maximum Gasteiger partial charge on any atom is 0.279 e. The van der Waals surface area contributed by atoms with Crippen LogP contribution in [0, 0.1) is 5.92 Å². The van der Waals surface area contributed by atoms with E-state index in [1.807, 2.05) is 0 Å². The van der Waals surface area contributed by atoms with E-state index in [1.165, 1.54) is 0 Å². The molecule has 1 saturated heterocycles. The third-order valence-corrected chi connectivity index (χ3v) is 5.80. The number of nitrogens with one attached hydrogen (secondary N) is 1. The molecule has 0 radical (unpaired) electrons. The average Bonchev–Trinajstić information content (AvgIpc) is 2.27. The van der Waals surface area contributed by atoms with Gasteiger partial charge in [-0.2, -0.15) is 12.7 Å². The Morgan fingerprint density at radius 3 is 2.31 bits per heavy atom. The minimum absolute atomic E-state index is 0.187. The topological polar surface area (TPSA) is 49.4 Å². The second kappa shape index (κ2) is 6.33. The first-order chi connectivity index (χ1) is 7.43. The van der Waals surface area contributed by atoms with E-state index >= 15 is 0 Å². The molecule has 0 spiro atoms. The normalized spacial score (nSPS) is 21.2. The van der Waals surface area contributed by atoms with Crippen molar-refractivity contribution >= 4 is 26.1 Å². The van der Waals surface area contributed by atoms with Crippen LogP contribution in [0.5, 0.6) is 0 Å². The summed E-state index contributed by atoms with van der Waals surface area (Å²) in [4.78, 5) is 0.187. The highest BCUT2D eigenvalue weighted by atomic mass is 79.9. The standard InChI is InChI=1S/C10H21BrN2O2S/c1-9(2)10(11)8-12-16(14,15)13-6-4-3-5-7-13/h9-10,12H,3-8H2,1-2H3. The fourth-order valence-electron chi connectivity index (χ4n) is 1.62.